The first-order chi connectivity index (χ1) is 6.36. The quantitative estimate of drug-likeness (QED) is 0.501. The Kier molecular flexibility index (Phi) is 4.76. The second-order valence-electron chi connectivity index (χ2n) is 3.27. The maximum atomic E-state index is 10.4. The first kappa shape index (κ1) is 10.5. The molecular formula is C11H16OS. The molecule has 0 saturated heterocycles. The molecule has 0 spiro atoms. The van der Waals surface area contributed by atoms with E-state index < -0.39 is 0 Å². The van der Waals surface area contributed by atoms with E-state index in [-0.39, 0.29) is 0 Å². The van der Waals surface area contributed by atoms with Gasteiger partial charge in [-0.15, -0.1) is 11.3 Å². The van der Waals surface area contributed by atoms with Crippen molar-refractivity contribution >= 4 is 17.6 Å². The standard InChI is InChI=1S/C11H16OS/c1-2-3-4-5-6-11-7-10(8-12)9-13-11/h7-9H,2-6H2,1H3. The van der Waals surface area contributed by atoms with Crippen LogP contribution in [0.3, 0.4) is 0 Å². The minimum atomic E-state index is 0.829. The molecule has 72 valence electrons. The van der Waals surface area contributed by atoms with Crippen molar-refractivity contribution in [2.45, 2.75) is 39.0 Å². The van der Waals surface area contributed by atoms with Crippen molar-refractivity contribution in [2.24, 2.45) is 0 Å². The predicted octanol–water partition coefficient (Wildman–Crippen LogP) is 3.68. The molecule has 0 aliphatic carbocycles. The summed E-state index contributed by atoms with van der Waals surface area (Å²) >= 11 is 1.70. The monoisotopic (exact) mass is 196 g/mol. The summed E-state index contributed by atoms with van der Waals surface area (Å²) in [6.45, 7) is 2.22. The van der Waals surface area contributed by atoms with Crippen LogP contribution >= 0.6 is 11.3 Å². The van der Waals surface area contributed by atoms with E-state index in [0.717, 1.165) is 18.3 Å². The zero-order valence-corrected chi connectivity index (χ0v) is 8.90. The van der Waals surface area contributed by atoms with E-state index in [1.165, 1.54) is 30.6 Å². The normalized spacial score (nSPS) is 10.2. The molecule has 0 aliphatic rings. The van der Waals surface area contributed by atoms with E-state index in [1.807, 2.05) is 11.4 Å². The van der Waals surface area contributed by atoms with Crippen LogP contribution in [0.15, 0.2) is 11.4 Å². The fraction of sp³-hybridized carbons (Fsp3) is 0.545. The highest BCUT2D eigenvalue weighted by Crippen LogP contribution is 2.16. The van der Waals surface area contributed by atoms with E-state index in [1.54, 1.807) is 11.3 Å². The second kappa shape index (κ2) is 5.92. The maximum Gasteiger partial charge on any atom is 0.150 e. The number of thiophene rings is 1. The molecule has 0 atom stereocenters. The van der Waals surface area contributed by atoms with Crippen molar-refractivity contribution in [3.05, 3.63) is 21.9 Å². The highest BCUT2D eigenvalue weighted by Gasteiger charge is 1.98. The number of hydrogen-bond donors (Lipinski definition) is 0. The molecule has 0 amide bonds. The summed E-state index contributed by atoms with van der Waals surface area (Å²) in [5.41, 5.74) is 0.829. The largest absolute Gasteiger partial charge is 0.298 e. The van der Waals surface area contributed by atoms with Gasteiger partial charge in [0.15, 0.2) is 6.29 Å². The van der Waals surface area contributed by atoms with Crippen LogP contribution in [-0.2, 0) is 6.42 Å². The Morgan fingerprint density at radius 2 is 2.23 bits per heavy atom. The zero-order chi connectivity index (χ0) is 9.52. The predicted molar refractivity (Wildman–Crippen MR) is 57.6 cm³/mol. The first-order valence-corrected chi connectivity index (χ1v) is 5.77. The Labute approximate surface area is 83.8 Å². The summed E-state index contributed by atoms with van der Waals surface area (Å²) in [6.07, 6.45) is 7.23. The minimum absolute atomic E-state index is 0.829. The molecule has 0 radical (unpaired) electrons. The van der Waals surface area contributed by atoms with Gasteiger partial charge in [0.25, 0.3) is 0 Å². The summed E-state index contributed by atoms with van der Waals surface area (Å²) in [4.78, 5) is 11.7. The Bertz CT molecular complexity index is 252. The maximum absolute atomic E-state index is 10.4. The number of carbonyl (C=O) groups excluding carboxylic acids is 1. The van der Waals surface area contributed by atoms with Crippen molar-refractivity contribution < 1.29 is 4.79 Å². The molecular weight excluding hydrogens is 180 g/mol. The lowest BCUT2D eigenvalue weighted by molar-refractivity contribution is 0.112. The van der Waals surface area contributed by atoms with Gasteiger partial charge < -0.3 is 0 Å². The number of aryl methyl sites for hydroxylation is 1. The fourth-order valence-corrected chi connectivity index (χ4v) is 2.19. The second-order valence-corrected chi connectivity index (χ2v) is 4.27. The average Bonchev–Trinajstić information content (AvgIpc) is 2.60. The molecule has 0 bridgehead atoms. The number of hydrogen-bond acceptors (Lipinski definition) is 2. The van der Waals surface area contributed by atoms with Gasteiger partial charge in [-0.1, -0.05) is 26.2 Å². The van der Waals surface area contributed by atoms with Crippen LogP contribution in [0.1, 0.15) is 47.8 Å². The van der Waals surface area contributed by atoms with Gasteiger partial charge >= 0.3 is 0 Å². The van der Waals surface area contributed by atoms with Gasteiger partial charge in [0.2, 0.25) is 0 Å². The fourth-order valence-electron chi connectivity index (χ4n) is 1.32. The average molecular weight is 196 g/mol. The Balaban J connectivity index is 2.24. The van der Waals surface area contributed by atoms with Crippen molar-refractivity contribution in [3.8, 4) is 0 Å². The molecule has 1 heterocycles. The number of carbonyl (C=O) groups is 1. The third-order valence-corrected chi connectivity index (χ3v) is 3.10. The smallest absolute Gasteiger partial charge is 0.150 e. The summed E-state index contributed by atoms with van der Waals surface area (Å²) in [5.74, 6) is 0. The molecule has 1 aromatic heterocycles. The van der Waals surface area contributed by atoms with Gasteiger partial charge in [0.1, 0.15) is 0 Å². The molecule has 0 N–H and O–H groups in total. The van der Waals surface area contributed by atoms with Crippen LogP contribution in [0, 0.1) is 0 Å². The van der Waals surface area contributed by atoms with Crippen LogP contribution in [0.4, 0.5) is 0 Å². The highest BCUT2D eigenvalue weighted by molar-refractivity contribution is 7.10. The van der Waals surface area contributed by atoms with Crippen molar-refractivity contribution in [1.29, 1.82) is 0 Å². The minimum Gasteiger partial charge on any atom is -0.298 e. The first-order valence-electron chi connectivity index (χ1n) is 4.89. The van der Waals surface area contributed by atoms with Crippen LogP contribution in [0.2, 0.25) is 0 Å². The van der Waals surface area contributed by atoms with Gasteiger partial charge in [0, 0.05) is 15.8 Å². The number of rotatable bonds is 6. The lowest BCUT2D eigenvalue weighted by atomic mass is 10.1. The van der Waals surface area contributed by atoms with E-state index in [0.29, 0.717) is 0 Å². The summed E-state index contributed by atoms with van der Waals surface area (Å²) in [5, 5.41) is 1.93. The molecule has 0 saturated carbocycles. The van der Waals surface area contributed by atoms with Gasteiger partial charge in [-0.3, -0.25) is 4.79 Å². The third kappa shape index (κ3) is 3.73. The van der Waals surface area contributed by atoms with Gasteiger partial charge in [-0.2, -0.15) is 0 Å². The highest BCUT2D eigenvalue weighted by atomic mass is 32.1. The van der Waals surface area contributed by atoms with E-state index in [2.05, 4.69) is 6.92 Å². The molecule has 1 nitrogen and oxygen atoms in total. The molecule has 1 aromatic rings. The van der Waals surface area contributed by atoms with Gasteiger partial charge in [-0.05, 0) is 18.9 Å². The Hall–Kier alpha value is -0.630. The third-order valence-electron chi connectivity index (χ3n) is 2.09. The van der Waals surface area contributed by atoms with Crippen LogP contribution in [0.5, 0.6) is 0 Å². The molecule has 0 aromatic carbocycles. The molecule has 0 unspecified atom stereocenters. The van der Waals surface area contributed by atoms with Crippen LogP contribution in [-0.4, -0.2) is 6.29 Å². The molecule has 2 heteroatoms. The zero-order valence-electron chi connectivity index (χ0n) is 8.08. The summed E-state index contributed by atoms with van der Waals surface area (Å²) in [6, 6.07) is 2.00. The lowest BCUT2D eigenvalue weighted by Gasteiger charge is -1.96. The summed E-state index contributed by atoms with van der Waals surface area (Å²) in [7, 11) is 0. The SMILES string of the molecule is CCCCCCc1cc(C=O)cs1. The molecule has 13 heavy (non-hydrogen) atoms. The Morgan fingerprint density at radius 3 is 2.85 bits per heavy atom. The van der Waals surface area contributed by atoms with Crippen molar-refractivity contribution in [2.75, 3.05) is 0 Å². The van der Waals surface area contributed by atoms with E-state index in [9.17, 15) is 4.79 Å². The van der Waals surface area contributed by atoms with Crippen molar-refractivity contribution in [1.82, 2.24) is 0 Å². The van der Waals surface area contributed by atoms with Crippen molar-refractivity contribution in [3.63, 3.8) is 0 Å². The Morgan fingerprint density at radius 1 is 1.38 bits per heavy atom. The van der Waals surface area contributed by atoms with E-state index in [4.69, 9.17) is 0 Å². The topological polar surface area (TPSA) is 17.1 Å². The molecule has 1 rings (SSSR count). The van der Waals surface area contributed by atoms with E-state index >= 15 is 0 Å². The molecule has 0 aliphatic heterocycles. The molecule has 0 fully saturated rings. The van der Waals surface area contributed by atoms with Crippen LogP contribution < -0.4 is 0 Å². The van der Waals surface area contributed by atoms with Crippen LogP contribution in [0.25, 0.3) is 0 Å². The van der Waals surface area contributed by atoms with Gasteiger partial charge in [0.05, 0.1) is 0 Å². The number of unbranched alkanes of at least 4 members (excludes halogenated alkanes) is 3. The number of aldehydes is 1. The lowest BCUT2D eigenvalue weighted by Crippen LogP contribution is -1.81. The summed E-state index contributed by atoms with van der Waals surface area (Å²) < 4.78 is 0. The van der Waals surface area contributed by atoms with Gasteiger partial charge in [-0.25, -0.2) is 0 Å².